The van der Waals surface area contributed by atoms with Gasteiger partial charge in [-0.3, -0.25) is 4.90 Å². The molecule has 78 valence electrons. The van der Waals surface area contributed by atoms with E-state index in [1.54, 1.807) is 0 Å². The van der Waals surface area contributed by atoms with Gasteiger partial charge < -0.3 is 10.0 Å². The number of hydrogen-bond donors (Lipinski definition) is 1. The Morgan fingerprint density at radius 1 is 1.38 bits per heavy atom. The number of rotatable bonds is 3. The third kappa shape index (κ3) is 2.93. The van der Waals surface area contributed by atoms with Crippen LogP contribution in [0.15, 0.2) is 0 Å². The van der Waals surface area contributed by atoms with Crippen molar-refractivity contribution < 1.29 is 5.11 Å². The monoisotopic (exact) mass is 186 g/mol. The lowest BCUT2D eigenvalue weighted by atomic mass is 10.1. The maximum Gasteiger partial charge on any atom is 0.0446 e. The molecule has 0 saturated carbocycles. The Morgan fingerprint density at radius 3 is 2.62 bits per heavy atom. The van der Waals surface area contributed by atoms with Crippen molar-refractivity contribution in [1.29, 1.82) is 0 Å². The number of aliphatic hydroxyl groups is 1. The Labute approximate surface area is 81.3 Å². The molecule has 3 nitrogen and oxygen atoms in total. The van der Waals surface area contributed by atoms with Crippen LogP contribution in [0.2, 0.25) is 0 Å². The van der Waals surface area contributed by atoms with E-state index in [1.807, 2.05) is 0 Å². The first-order valence-electron chi connectivity index (χ1n) is 5.20. The first kappa shape index (κ1) is 11.0. The highest BCUT2D eigenvalue weighted by molar-refractivity contribution is 4.81. The van der Waals surface area contributed by atoms with Crippen molar-refractivity contribution in [3.63, 3.8) is 0 Å². The highest BCUT2D eigenvalue weighted by Crippen LogP contribution is 2.12. The first-order chi connectivity index (χ1) is 6.15. The van der Waals surface area contributed by atoms with Gasteiger partial charge in [-0.1, -0.05) is 0 Å². The van der Waals surface area contributed by atoms with Crippen molar-refractivity contribution in [2.45, 2.75) is 32.4 Å². The van der Waals surface area contributed by atoms with Gasteiger partial charge in [0.1, 0.15) is 0 Å². The zero-order valence-electron chi connectivity index (χ0n) is 9.03. The van der Waals surface area contributed by atoms with Crippen LogP contribution in [0, 0.1) is 0 Å². The summed E-state index contributed by atoms with van der Waals surface area (Å²) < 4.78 is 0. The van der Waals surface area contributed by atoms with Crippen molar-refractivity contribution in [3.05, 3.63) is 0 Å². The molecule has 1 unspecified atom stereocenters. The summed E-state index contributed by atoms with van der Waals surface area (Å²) in [5.74, 6) is 0. The highest BCUT2D eigenvalue weighted by Gasteiger charge is 2.24. The predicted molar refractivity (Wildman–Crippen MR) is 54.8 cm³/mol. The van der Waals surface area contributed by atoms with E-state index >= 15 is 0 Å². The molecule has 1 atom stereocenters. The summed E-state index contributed by atoms with van der Waals surface area (Å²) in [6.45, 7) is 8.18. The van der Waals surface area contributed by atoms with Crippen LogP contribution in [0.1, 0.15) is 20.3 Å². The van der Waals surface area contributed by atoms with Crippen LogP contribution in [0.4, 0.5) is 0 Å². The molecule has 1 heterocycles. The second-order valence-corrected chi connectivity index (χ2v) is 4.24. The van der Waals surface area contributed by atoms with Crippen molar-refractivity contribution in [3.8, 4) is 0 Å². The molecule has 3 heteroatoms. The molecule has 0 amide bonds. The Kier molecular flexibility index (Phi) is 4.16. The molecule has 1 aliphatic heterocycles. The Bertz CT molecular complexity index is 150. The topological polar surface area (TPSA) is 26.7 Å². The van der Waals surface area contributed by atoms with Gasteiger partial charge in [0.05, 0.1) is 0 Å². The Hall–Kier alpha value is -0.120. The van der Waals surface area contributed by atoms with E-state index in [1.165, 1.54) is 0 Å². The summed E-state index contributed by atoms with van der Waals surface area (Å²) in [6.07, 6.45) is 0.903. The fourth-order valence-electron chi connectivity index (χ4n) is 1.90. The van der Waals surface area contributed by atoms with Gasteiger partial charge in [0.25, 0.3) is 0 Å². The summed E-state index contributed by atoms with van der Waals surface area (Å²) in [5, 5.41) is 8.92. The zero-order chi connectivity index (χ0) is 9.84. The zero-order valence-corrected chi connectivity index (χ0v) is 9.03. The van der Waals surface area contributed by atoms with E-state index in [4.69, 9.17) is 5.11 Å². The average molecular weight is 186 g/mol. The smallest absolute Gasteiger partial charge is 0.0446 e. The van der Waals surface area contributed by atoms with Crippen LogP contribution in [0.25, 0.3) is 0 Å². The SMILES string of the molecule is CC(C)N1CCN(C)C(CCO)C1. The minimum atomic E-state index is 0.306. The molecule has 0 aromatic carbocycles. The molecular weight excluding hydrogens is 164 g/mol. The number of aliphatic hydroxyl groups excluding tert-OH is 1. The van der Waals surface area contributed by atoms with Crippen LogP contribution in [-0.4, -0.2) is 60.3 Å². The van der Waals surface area contributed by atoms with E-state index in [9.17, 15) is 0 Å². The molecule has 0 aromatic heterocycles. The predicted octanol–water partition coefficient (Wildman–Crippen LogP) is 0.393. The van der Waals surface area contributed by atoms with Crippen LogP contribution in [-0.2, 0) is 0 Å². The third-order valence-electron chi connectivity index (χ3n) is 3.00. The van der Waals surface area contributed by atoms with Gasteiger partial charge in [-0.05, 0) is 27.3 Å². The minimum absolute atomic E-state index is 0.306. The quantitative estimate of drug-likeness (QED) is 0.691. The average Bonchev–Trinajstić information content (AvgIpc) is 2.08. The van der Waals surface area contributed by atoms with Crippen molar-refractivity contribution in [2.24, 2.45) is 0 Å². The maximum absolute atomic E-state index is 8.92. The summed E-state index contributed by atoms with van der Waals surface area (Å²) in [5.41, 5.74) is 0. The fourth-order valence-corrected chi connectivity index (χ4v) is 1.90. The second kappa shape index (κ2) is 4.94. The van der Waals surface area contributed by atoms with Gasteiger partial charge in [0.2, 0.25) is 0 Å². The second-order valence-electron chi connectivity index (χ2n) is 4.24. The number of hydrogen-bond acceptors (Lipinski definition) is 3. The molecule has 1 saturated heterocycles. The first-order valence-corrected chi connectivity index (χ1v) is 5.20. The van der Waals surface area contributed by atoms with Gasteiger partial charge in [-0.15, -0.1) is 0 Å². The van der Waals surface area contributed by atoms with Crippen LogP contribution < -0.4 is 0 Å². The summed E-state index contributed by atoms with van der Waals surface area (Å²) >= 11 is 0. The van der Waals surface area contributed by atoms with E-state index in [0.29, 0.717) is 18.7 Å². The minimum Gasteiger partial charge on any atom is -0.396 e. The fraction of sp³-hybridized carbons (Fsp3) is 1.00. The molecule has 0 spiro atoms. The molecule has 13 heavy (non-hydrogen) atoms. The van der Waals surface area contributed by atoms with E-state index in [-0.39, 0.29) is 0 Å². The molecule has 0 bridgehead atoms. The Balaban J connectivity index is 2.42. The molecule has 1 fully saturated rings. The molecule has 0 radical (unpaired) electrons. The Morgan fingerprint density at radius 2 is 2.08 bits per heavy atom. The lowest BCUT2D eigenvalue weighted by Gasteiger charge is -2.41. The number of nitrogens with zero attached hydrogens (tertiary/aromatic N) is 2. The maximum atomic E-state index is 8.92. The van der Waals surface area contributed by atoms with Crippen molar-refractivity contribution in [2.75, 3.05) is 33.3 Å². The van der Waals surface area contributed by atoms with Gasteiger partial charge in [-0.25, -0.2) is 0 Å². The molecule has 0 aliphatic carbocycles. The van der Waals surface area contributed by atoms with Crippen LogP contribution in [0.5, 0.6) is 0 Å². The summed E-state index contributed by atoms with van der Waals surface area (Å²) in [4.78, 5) is 4.84. The summed E-state index contributed by atoms with van der Waals surface area (Å²) in [7, 11) is 2.15. The van der Waals surface area contributed by atoms with E-state index in [2.05, 4.69) is 30.7 Å². The van der Waals surface area contributed by atoms with Gasteiger partial charge in [-0.2, -0.15) is 0 Å². The third-order valence-corrected chi connectivity index (χ3v) is 3.00. The van der Waals surface area contributed by atoms with Crippen molar-refractivity contribution in [1.82, 2.24) is 9.80 Å². The lowest BCUT2D eigenvalue weighted by Crippen LogP contribution is -2.53. The van der Waals surface area contributed by atoms with Gasteiger partial charge in [0, 0.05) is 38.3 Å². The lowest BCUT2D eigenvalue weighted by molar-refractivity contribution is 0.0610. The standard InChI is InChI=1S/C10H22N2O/c1-9(2)12-6-5-11(3)10(8-12)4-7-13/h9-10,13H,4-8H2,1-3H3. The van der Waals surface area contributed by atoms with Crippen molar-refractivity contribution >= 4 is 0 Å². The molecule has 0 aromatic rings. The normalized spacial score (nSPS) is 27.0. The molecule has 1 rings (SSSR count). The molecule has 1 aliphatic rings. The van der Waals surface area contributed by atoms with E-state index < -0.39 is 0 Å². The molecular formula is C10H22N2O. The highest BCUT2D eigenvalue weighted by atomic mass is 16.3. The van der Waals surface area contributed by atoms with E-state index in [0.717, 1.165) is 26.1 Å². The number of likely N-dealkylation sites (N-methyl/N-ethyl adjacent to an activating group) is 1. The summed E-state index contributed by atoms with van der Waals surface area (Å²) in [6, 6.07) is 1.18. The van der Waals surface area contributed by atoms with Crippen LogP contribution in [0.3, 0.4) is 0 Å². The number of piperazine rings is 1. The van der Waals surface area contributed by atoms with Crippen LogP contribution >= 0.6 is 0 Å². The largest absolute Gasteiger partial charge is 0.396 e. The van der Waals surface area contributed by atoms with Gasteiger partial charge in [0.15, 0.2) is 0 Å². The molecule has 1 N–H and O–H groups in total. The van der Waals surface area contributed by atoms with Gasteiger partial charge >= 0.3 is 0 Å².